The molecular formula is C20H28FN3O3. The number of ether oxygens (including phenoxy) is 1. The summed E-state index contributed by atoms with van der Waals surface area (Å²) in [5, 5.41) is 0. The first kappa shape index (κ1) is 19.6. The number of nitrogens with zero attached hydrogens (tertiary/aromatic N) is 3. The number of halogens is 1. The number of carbonyl (C=O) groups excluding carboxylic acids is 2. The van der Waals surface area contributed by atoms with E-state index in [9.17, 15) is 14.0 Å². The molecule has 3 amide bonds. The molecule has 1 aromatic rings. The molecule has 27 heavy (non-hydrogen) atoms. The van der Waals surface area contributed by atoms with E-state index in [1.807, 2.05) is 22.8 Å². The normalized spacial score (nSPS) is 24.2. The van der Waals surface area contributed by atoms with Crippen LogP contribution in [0.15, 0.2) is 24.3 Å². The first-order valence-corrected chi connectivity index (χ1v) is 9.51. The Bertz CT molecular complexity index is 697. The number of fused-ring (bicyclic) bond motifs is 1. The number of likely N-dealkylation sites (tertiary alicyclic amines) is 2. The fourth-order valence-corrected chi connectivity index (χ4v) is 4.28. The maximum Gasteiger partial charge on any atom is 0.320 e. The summed E-state index contributed by atoms with van der Waals surface area (Å²) in [6.07, 6.45) is 0.373. The molecule has 0 N–H and O–H groups in total. The van der Waals surface area contributed by atoms with Gasteiger partial charge in [-0.25, -0.2) is 9.18 Å². The minimum Gasteiger partial charge on any atom is -0.381 e. The van der Waals surface area contributed by atoms with Crippen molar-refractivity contribution >= 4 is 11.9 Å². The Labute approximate surface area is 159 Å². The molecule has 0 saturated carbocycles. The number of benzene rings is 1. The van der Waals surface area contributed by atoms with Gasteiger partial charge in [0.15, 0.2) is 0 Å². The highest BCUT2D eigenvalue weighted by atomic mass is 19.1. The summed E-state index contributed by atoms with van der Waals surface area (Å²) in [7, 11) is 3.45. The highest BCUT2D eigenvalue weighted by Crippen LogP contribution is 2.45. The van der Waals surface area contributed by atoms with Gasteiger partial charge in [0.25, 0.3) is 0 Å². The van der Waals surface area contributed by atoms with Crippen LogP contribution >= 0.6 is 0 Å². The summed E-state index contributed by atoms with van der Waals surface area (Å²) in [6.45, 7) is 4.75. The Morgan fingerprint density at radius 1 is 1.26 bits per heavy atom. The van der Waals surface area contributed by atoms with Crippen molar-refractivity contribution in [3.8, 4) is 0 Å². The SMILES string of the molecule is CCOCCC(=O)N1C[C@@H]2CN(C(=O)N(C)C)[C@H](c3cccc(F)c3)[C@@H]2C1. The summed E-state index contributed by atoms with van der Waals surface area (Å²) < 4.78 is 19.1. The van der Waals surface area contributed by atoms with Crippen LogP contribution in [0.5, 0.6) is 0 Å². The smallest absolute Gasteiger partial charge is 0.320 e. The second kappa shape index (κ2) is 8.25. The zero-order valence-electron chi connectivity index (χ0n) is 16.2. The van der Waals surface area contributed by atoms with Gasteiger partial charge < -0.3 is 19.4 Å². The van der Waals surface area contributed by atoms with Gasteiger partial charge in [0.2, 0.25) is 5.91 Å². The third-order valence-electron chi connectivity index (χ3n) is 5.50. The number of hydrogen-bond acceptors (Lipinski definition) is 3. The van der Waals surface area contributed by atoms with E-state index in [2.05, 4.69) is 0 Å². The maximum absolute atomic E-state index is 13.8. The van der Waals surface area contributed by atoms with Gasteiger partial charge in [0, 0.05) is 52.2 Å². The average Bonchev–Trinajstić information content (AvgIpc) is 3.18. The van der Waals surface area contributed by atoms with Crippen molar-refractivity contribution in [3.63, 3.8) is 0 Å². The number of urea groups is 1. The first-order chi connectivity index (χ1) is 12.9. The molecule has 2 saturated heterocycles. The Morgan fingerprint density at radius 2 is 2.04 bits per heavy atom. The van der Waals surface area contributed by atoms with Crippen molar-refractivity contribution < 1.29 is 18.7 Å². The number of rotatable bonds is 5. The van der Waals surface area contributed by atoms with Crippen LogP contribution in [-0.4, -0.2) is 73.6 Å². The van der Waals surface area contributed by atoms with E-state index < -0.39 is 0 Å². The molecule has 2 aliphatic rings. The van der Waals surface area contributed by atoms with Gasteiger partial charge in [-0.1, -0.05) is 12.1 Å². The monoisotopic (exact) mass is 377 g/mol. The second-order valence-electron chi connectivity index (χ2n) is 7.50. The Balaban J connectivity index is 1.79. The standard InChI is InChI=1S/C20H28FN3O3/c1-4-27-9-8-18(25)23-11-15-12-24(20(26)22(2)3)19(17(15)13-23)14-6-5-7-16(21)10-14/h5-7,10,15,17,19H,4,8-9,11-13H2,1-3H3/t15-,17-,19-/m1/s1. The van der Waals surface area contributed by atoms with Crippen LogP contribution in [0.25, 0.3) is 0 Å². The lowest BCUT2D eigenvalue weighted by molar-refractivity contribution is -0.131. The van der Waals surface area contributed by atoms with E-state index in [1.54, 1.807) is 25.1 Å². The minimum absolute atomic E-state index is 0.0760. The van der Waals surface area contributed by atoms with E-state index in [4.69, 9.17) is 4.74 Å². The number of hydrogen-bond donors (Lipinski definition) is 0. The van der Waals surface area contributed by atoms with Crippen molar-refractivity contribution in [3.05, 3.63) is 35.6 Å². The lowest BCUT2D eigenvalue weighted by Crippen LogP contribution is -2.42. The molecule has 6 nitrogen and oxygen atoms in total. The van der Waals surface area contributed by atoms with E-state index in [0.29, 0.717) is 39.3 Å². The Kier molecular flexibility index (Phi) is 5.99. The molecule has 3 rings (SSSR count). The molecule has 148 valence electrons. The molecule has 0 spiro atoms. The van der Waals surface area contributed by atoms with Gasteiger partial charge in [-0.3, -0.25) is 4.79 Å². The molecule has 1 aromatic carbocycles. The predicted molar refractivity (Wildman–Crippen MR) is 99.6 cm³/mol. The fourth-order valence-electron chi connectivity index (χ4n) is 4.28. The van der Waals surface area contributed by atoms with Gasteiger partial charge in [-0.2, -0.15) is 0 Å². The van der Waals surface area contributed by atoms with E-state index in [-0.39, 0.29) is 35.6 Å². The maximum atomic E-state index is 13.8. The van der Waals surface area contributed by atoms with Crippen molar-refractivity contribution in [2.45, 2.75) is 19.4 Å². The van der Waals surface area contributed by atoms with Crippen molar-refractivity contribution in [2.75, 3.05) is 46.9 Å². The molecule has 0 radical (unpaired) electrons. The molecule has 2 fully saturated rings. The van der Waals surface area contributed by atoms with Crippen LogP contribution in [0.3, 0.4) is 0 Å². The third-order valence-corrected chi connectivity index (χ3v) is 5.50. The van der Waals surface area contributed by atoms with Crippen molar-refractivity contribution in [2.24, 2.45) is 11.8 Å². The Hall–Kier alpha value is -2.15. The van der Waals surface area contributed by atoms with E-state index >= 15 is 0 Å². The van der Waals surface area contributed by atoms with Crippen LogP contribution in [0, 0.1) is 17.7 Å². The third kappa shape index (κ3) is 4.08. The summed E-state index contributed by atoms with van der Waals surface area (Å²) in [5.74, 6) is 0.0992. The van der Waals surface area contributed by atoms with Gasteiger partial charge >= 0.3 is 6.03 Å². The topological polar surface area (TPSA) is 53.1 Å². The summed E-state index contributed by atoms with van der Waals surface area (Å²) in [4.78, 5) is 30.4. The molecule has 2 aliphatic heterocycles. The molecule has 0 aromatic heterocycles. The summed E-state index contributed by atoms with van der Waals surface area (Å²) in [6, 6.07) is 6.16. The largest absolute Gasteiger partial charge is 0.381 e. The second-order valence-corrected chi connectivity index (χ2v) is 7.50. The van der Waals surface area contributed by atoms with Gasteiger partial charge in [-0.15, -0.1) is 0 Å². The van der Waals surface area contributed by atoms with Crippen LogP contribution in [0.4, 0.5) is 9.18 Å². The highest BCUT2D eigenvalue weighted by molar-refractivity contribution is 5.77. The summed E-state index contributed by atoms with van der Waals surface area (Å²) in [5.41, 5.74) is 0.793. The molecule has 7 heteroatoms. The molecule has 0 aliphatic carbocycles. The Morgan fingerprint density at radius 3 is 2.70 bits per heavy atom. The van der Waals surface area contributed by atoms with E-state index in [0.717, 1.165) is 5.56 Å². The number of amides is 3. The summed E-state index contributed by atoms with van der Waals surface area (Å²) >= 11 is 0. The molecule has 2 heterocycles. The van der Waals surface area contributed by atoms with E-state index in [1.165, 1.54) is 12.1 Å². The van der Waals surface area contributed by atoms with Gasteiger partial charge in [0.05, 0.1) is 19.1 Å². The van der Waals surface area contributed by atoms with Crippen molar-refractivity contribution in [1.82, 2.24) is 14.7 Å². The fraction of sp³-hybridized carbons (Fsp3) is 0.600. The number of carbonyl (C=O) groups is 2. The molecular weight excluding hydrogens is 349 g/mol. The van der Waals surface area contributed by atoms with Crippen molar-refractivity contribution in [1.29, 1.82) is 0 Å². The molecule has 3 atom stereocenters. The van der Waals surface area contributed by atoms with Crippen LogP contribution in [0.2, 0.25) is 0 Å². The average molecular weight is 377 g/mol. The van der Waals surface area contributed by atoms with Crippen LogP contribution < -0.4 is 0 Å². The van der Waals surface area contributed by atoms with Crippen LogP contribution in [-0.2, 0) is 9.53 Å². The zero-order chi connectivity index (χ0) is 19.6. The predicted octanol–water partition coefficient (Wildman–Crippen LogP) is 2.37. The highest BCUT2D eigenvalue weighted by Gasteiger charge is 2.50. The first-order valence-electron chi connectivity index (χ1n) is 9.51. The minimum atomic E-state index is -0.309. The zero-order valence-corrected chi connectivity index (χ0v) is 16.2. The van der Waals surface area contributed by atoms with Gasteiger partial charge in [0.1, 0.15) is 5.82 Å². The van der Waals surface area contributed by atoms with Crippen LogP contribution in [0.1, 0.15) is 24.9 Å². The quantitative estimate of drug-likeness (QED) is 0.741. The molecule has 0 unspecified atom stereocenters. The lowest BCUT2D eigenvalue weighted by Gasteiger charge is -2.32. The molecule has 0 bridgehead atoms. The van der Waals surface area contributed by atoms with Gasteiger partial charge in [-0.05, 0) is 24.6 Å². The lowest BCUT2D eigenvalue weighted by atomic mass is 9.89.